The van der Waals surface area contributed by atoms with Crippen molar-refractivity contribution in [2.24, 2.45) is 4.99 Å². The van der Waals surface area contributed by atoms with E-state index in [0.717, 1.165) is 9.13 Å². The lowest BCUT2D eigenvalue weighted by molar-refractivity contribution is -0.139. The quantitative estimate of drug-likeness (QED) is 0.346. The molecular weight excluding hydrogens is 494 g/mol. The summed E-state index contributed by atoms with van der Waals surface area (Å²) in [7, 11) is 3.50. The molecule has 0 unspecified atom stereocenters. The molecule has 1 aliphatic heterocycles. The van der Waals surface area contributed by atoms with Crippen LogP contribution in [-0.2, 0) is 16.0 Å². The molecule has 0 spiro atoms. The molecule has 2 heterocycles. The first-order chi connectivity index (χ1) is 13.6. The molecule has 8 nitrogen and oxygen atoms in total. The molecule has 0 radical (unpaired) electrons. The summed E-state index contributed by atoms with van der Waals surface area (Å²) < 4.78 is 28.7. The molecular formula is C19H22FIN4O4. The molecule has 0 N–H and O–H groups in total. The number of benzene rings is 1. The maximum atomic E-state index is 14.7. The first-order valence-corrected chi connectivity index (χ1v) is 10.00. The number of hydrogen-bond acceptors (Lipinski definition) is 5. The molecule has 2 aromatic rings. The van der Waals surface area contributed by atoms with Crippen LogP contribution in [0.3, 0.4) is 0 Å². The lowest BCUT2D eigenvalue weighted by Crippen LogP contribution is -2.42. The van der Waals surface area contributed by atoms with Crippen LogP contribution in [0.4, 0.5) is 10.2 Å². The van der Waals surface area contributed by atoms with Crippen molar-refractivity contribution >= 4 is 34.7 Å². The van der Waals surface area contributed by atoms with Crippen LogP contribution in [-0.4, -0.2) is 53.0 Å². The van der Waals surface area contributed by atoms with Crippen molar-refractivity contribution in [3.05, 3.63) is 54.5 Å². The molecule has 0 aliphatic carbocycles. The monoisotopic (exact) mass is 516 g/mol. The van der Waals surface area contributed by atoms with Gasteiger partial charge in [0.05, 0.1) is 25.2 Å². The minimum Gasteiger partial charge on any atom is -0.369 e. The van der Waals surface area contributed by atoms with Crippen molar-refractivity contribution in [2.75, 3.05) is 20.7 Å². The molecule has 1 fully saturated rings. The molecule has 0 bridgehead atoms. The second-order valence-electron chi connectivity index (χ2n) is 7.32. The highest BCUT2D eigenvalue weighted by Gasteiger charge is 2.33. The number of rotatable bonds is 5. The van der Waals surface area contributed by atoms with Gasteiger partial charge >= 0.3 is 5.69 Å². The fourth-order valence-electron chi connectivity index (χ4n) is 2.95. The Morgan fingerprint density at radius 1 is 1.34 bits per heavy atom. The van der Waals surface area contributed by atoms with Crippen molar-refractivity contribution in [1.82, 2.24) is 14.0 Å². The van der Waals surface area contributed by atoms with Crippen LogP contribution in [0, 0.1) is 9.39 Å². The van der Waals surface area contributed by atoms with E-state index < -0.39 is 29.0 Å². The number of aliphatic imine (C=N–C) groups is 1. The fourth-order valence-corrected chi connectivity index (χ4v) is 3.40. The van der Waals surface area contributed by atoms with Crippen LogP contribution in [0.2, 0.25) is 0 Å². The summed E-state index contributed by atoms with van der Waals surface area (Å²) in [6, 6.07) is 5.68. The van der Waals surface area contributed by atoms with Gasteiger partial charge in [-0.3, -0.25) is 9.36 Å². The average Bonchev–Trinajstić information content (AvgIpc) is 2.96. The van der Waals surface area contributed by atoms with E-state index in [4.69, 9.17) is 9.47 Å². The Hall–Kier alpha value is -2.05. The average molecular weight is 516 g/mol. The highest BCUT2D eigenvalue weighted by Crippen LogP contribution is 2.23. The number of hydrogen-bond donors (Lipinski definition) is 0. The zero-order chi connectivity index (χ0) is 21.3. The van der Waals surface area contributed by atoms with E-state index >= 15 is 0 Å². The molecule has 1 aromatic heterocycles. The lowest BCUT2D eigenvalue weighted by Gasteiger charge is -2.18. The van der Waals surface area contributed by atoms with E-state index in [1.165, 1.54) is 24.5 Å². The Morgan fingerprint density at radius 2 is 2.07 bits per heavy atom. The maximum absolute atomic E-state index is 14.7. The first kappa shape index (κ1) is 21.7. The van der Waals surface area contributed by atoms with Crippen molar-refractivity contribution in [1.29, 1.82) is 0 Å². The van der Waals surface area contributed by atoms with Gasteiger partial charge in [0.1, 0.15) is 17.7 Å². The molecule has 156 valence electrons. The van der Waals surface area contributed by atoms with Gasteiger partial charge in [-0.05, 0) is 54.6 Å². The summed E-state index contributed by atoms with van der Waals surface area (Å²) in [4.78, 5) is 31.7. The van der Waals surface area contributed by atoms with Gasteiger partial charge in [0.2, 0.25) is 0 Å². The fraction of sp³-hybridized carbons (Fsp3) is 0.421. The molecule has 1 saturated heterocycles. The first-order valence-electron chi connectivity index (χ1n) is 8.92. The summed E-state index contributed by atoms with van der Waals surface area (Å²) in [6.07, 6.45) is 0.970. The van der Waals surface area contributed by atoms with E-state index in [9.17, 15) is 14.0 Å². The number of halogens is 2. The standard InChI is InChI=1S/C19H22FIN4O4/c1-19(2)28-10-13(29-19)9-24-17(26)8-16(22-11-23(3)4)25(18(24)27)15-6-5-12(21)7-14(15)20/h5-8,11,13H,9-10H2,1-4H3/b22-11+/t13-/m1/s1. The Morgan fingerprint density at radius 3 is 2.66 bits per heavy atom. The van der Waals surface area contributed by atoms with Gasteiger partial charge in [0, 0.05) is 23.7 Å². The van der Waals surface area contributed by atoms with Crippen LogP contribution in [0.15, 0.2) is 38.8 Å². The highest BCUT2D eigenvalue weighted by molar-refractivity contribution is 14.1. The predicted molar refractivity (Wildman–Crippen MR) is 116 cm³/mol. The second kappa shape index (κ2) is 8.36. The largest absolute Gasteiger partial charge is 0.369 e. The topological polar surface area (TPSA) is 78.1 Å². The van der Waals surface area contributed by atoms with E-state index in [1.807, 2.05) is 22.6 Å². The van der Waals surface area contributed by atoms with E-state index in [2.05, 4.69) is 4.99 Å². The van der Waals surface area contributed by atoms with Crippen molar-refractivity contribution in [3.8, 4) is 5.69 Å². The van der Waals surface area contributed by atoms with Crippen molar-refractivity contribution in [2.45, 2.75) is 32.3 Å². The molecule has 0 amide bonds. The van der Waals surface area contributed by atoms with Crippen molar-refractivity contribution in [3.63, 3.8) is 0 Å². The normalized spacial score (nSPS) is 18.5. The molecule has 1 atom stereocenters. The van der Waals surface area contributed by atoms with E-state index in [1.54, 1.807) is 38.9 Å². The highest BCUT2D eigenvalue weighted by atomic mass is 127. The molecule has 1 aliphatic rings. The lowest BCUT2D eigenvalue weighted by atomic mass is 10.3. The zero-order valence-corrected chi connectivity index (χ0v) is 18.7. The summed E-state index contributed by atoms with van der Waals surface area (Å²) in [6.45, 7) is 3.75. The minimum absolute atomic E-state index is 0.00917. The maximum Gasteiger partial charge on any atom is 0.337 e. The van der Waals surface area contributed by atoms with Gasteiger partial charge in [-0.2, -0.15) is 0 Å². The van der Waals surface area contributed by atoms with Crippen LogP contribution in [0.5, 0.6) is 0 Å². The summed E-state index contributed by atoms with van der Waals surface area (Å²) in [5, 5.41) is 0. The van der Waals surface area contributed by atoms with Crippen LogP contribution < -0.4 is 11.2 Å². The molecule has 3 rings (SSSR count). The van der Waals surface area contributed by atoms with E-state index in [0.29, 0.717) is 3.57 Å². The Balaban J connectivity index is 2.15. The molecule has 29 heavy (non-hydrogen) atoms. The number of aromatic nitrogens is 2. The van der Waals surface area contributed by atoms with Crippen molar-refractivity contribution < 1.29 is 13.9 Å². The number of ether oxygens (including phenoxy) is 2. The summed E-state index contributed by atoms with van der Waals surface area (Å²) >= 11 is 1.98. The summed E-state index contributed by atoms with van der Waals surface area (Å²) in [5.74, 6) is -1.34. The van der Waals surface area contributed by atoms with Gasteiger partial charge in [-0.15, -0.1) is 0 Å². The third kappa shape index (κ3) is 4.93. The Kier molecular flexibility index (Phi) is 6.24. The predicted octanol–water partition coefficient (Wildman–Crippen LogP) is 2.12. The third-order valence-corrected chi connectivity index (χ3v) is 4.87. The molecule has 1 aromatic carbocycles. The zero-order valence-electron chi connectivity index (χ0n) is 16.6. The van der Waals surface area contributed by atoms with Gasteiger partial charge in [0.15, 0.2) is 5.79 Å². The van der Waals surface area contributed by atoms with Crippen LogP contribution in [0.25, 0.3) is 5.69 Å². The van der Waals surface area contributed by atoms with Gasteiger partial charge in [-0.1, -0.05) is 0 Å². The minimum atomic E-state index is -0.786. The number of nitrogens with zero attached hydrogens (tertiary/aromatic N) is 4. The molecule has 0 saturated carbocycles. The van der Waals surface area contributed by atoms with Gasteiger partial charge < -0.3 is 14.4 Å². The second-order valence-corrected chi connectivity index (χ2v) is 8.57. The van der Waals surface area contributed by atoms with Gasteiger partial charge in [-0.25, -0.2) is 18.7 Å². The van der Waals surface area contributed by atoms with E-state index in [-0.39, 0.29) is 24.7 Å². The van der Waals surface area contributed by atoms with Crippen LogP contribution >= 0.6 is 22.6 Å². The SMILES string of the molecule is CN(C)/C=N/c1cc(=O)n(C[C@@H]2COC(C)(C)O2)c(=O)n1-c1ccc(I)cc1F. The summed E-state index contributed by atoms with van der Waals surface area (Å²) in [5.41, 5.74) is -1.23. The smallest absolute Gasteiger partial charge is 0.337 e. The third-order valence-electron chi connectivity index (χ3n) is 4.19. The van der Waals surface area contributed by atoms with Gasteiger partial charge in [0.25, 0.3) is 5.56 Å². The molecule has 10 heteroatoms. The Labute approximate surface area is 180 Å². The van der Waals surface area contributed by atoms with Crippen LogP contribution in [0.1, 0.15) is 13.8 Å². The Bertz CT molecular complexity index is 1060.